The Morgan fingerprint density at radius 1 is 1.45 bits per heavy atom. The van der Waals surface area contributed by atoms with Gasteiger partial charge in [-0.25, -0.2) is 0 Å². The van der Waals surface area contributed by atoms with Gasteiger partial charge >= 0.3 is 0 Å². The molecule has 0 saturated heterocycles. The molecule has 1 aliphatic heterocycles. The highest BCUT2D eigenvalue weighted by Crippen LogP contribution is 2.36. The molecule has 1 aliphatic rings. The van der Waals surface area contributed by atoms with E-state index in [9.17, 15) is 4.79 Å². The van der Waals surface area contributed by atoms with E-state index in [0.29, 0.717) is 11.4 Å². The van der Waals surface area contributed by atoms with Gasteiger partial charge in [0.1, 0.15) is 0 Å². The van der Waals surface area contributed by atoms with Crippen LogP contribution >= 0.6 is 23.4 Å². The van der Waals surface area contributed by atoms with Crippen molar-refractivity contribution in [1.82, 2.24) is 9.78 Å². The molecule has 0 saturated carbocycles. The van der Waals surface area contributed by atoms with E-state index in [-0.39, 0.29) is 5.91 Å². The van der Waals surface area contributed by atoms with E-state index in [1.165, 1.54) is 0 Å². The first-order chi connectivity index (χ1) is 10.6. The Balaban J connectivity index is 1.74. The summed E-state index contributed by atoms with van der Waals surface area (Å²) < 4.78 is 1.84. The minimum Gasteiger partial charge on any atom is -0.310 e. The molecular weight excluding hydrogens is 318 g/mol. The fourth-order valence-corrected chi connectivity index (χ4v) is 3.76. The molecule has 22 heavy (non-hydrogen) atoms. The highest BCUT2D eigenvalue weighted by atomic mass is 35.5. The lowest BCUT2D eigenvalue weighted by Gasteiger charge is -2.29. The van der Waals surface area contributed by atoms with Crippen LogP contribution in [0.4, 0.5) is 5.69 Å². The number of benzene rings is 1. The summed E-state index contributed by atoms with van der Waals surface area (Å²) in [6.07, 6.45) is 3.06. The van der Waals surface area contributed by atoms with Crippen LogP contribution in [0.15, 0.2) is 29.3 Å². The molecule has 0 bridgehead atoms. The molecule has 1 aromatic carbocycles. The fourth-order valence-electron chi connectivity index (χ4n) is 2.62. The number of nitrogens with zero attached hydrogens (tertiary/aromatic N) is 3. The van der Waals surface area contributed by atoms with Gasteiger partial charge in [-0.2, -0.15) is 5.10 Å². The fraction of sp³-hybridized carbons (Fsp3) is 0.375. The number of anilines is 1. The molecular formula is C16H18ClN3OS. The minimum absolute atomic E-state index is 0.145. The largest absolute Gasteiger partial charge is 0.310 e. The van der Waals surface area contributed by atoms with Crippen LogP contribution in [0.1, 0.15) is 17.7 Å². The second-order valence-electron chi connectivity index (χ2n) is 5.38. The normalized spacial score (nSPS) is 14.0. The Hall–Kier alpha value is -1.46. The zero-order valence-electron chi connectivity index (χ0n) is 12.7. The number of thioether (sulfide) groups is 1. The van der Waals surface area contributed by atoms with E-state index in [2.05, 4.69) is 5.10 Å². The summed E-state index contributed by atoms with van der Waals surface area (Å²) in [7, 11) is 1.92. The molecule has 1 aromatic heterocycles. The van der Waals surface area contributed by atoms with Gasteiger partial charge in [0.05, 0.1) is 11.9 Å². The van der Waals surface area contributed by atoms with Crippen molar-refractivity contribution in [1.29, 1.82) is 0 Å². The number of fused-ring (bicyclic) bond motifs is 1. The molecule has 0 unspecified atom stereocenters. The molecule has 2 heterocycles. The first-order valence-corrected chi connectivity index (χ1v) is 8.63. The summed E-state index contributed by atoms with van der Waals surface area (Å²) >= 11 is 7.86. The van der Waals surface area contributed by atoms with Gasteiger partial charge in [0.25, 0.3) is 0 Å². The van der Waals surface area contributed by atoms with Gasteiger partial charge in [-0.05, 0) is 37.1 Å². The Bertz CT molecular complexity index is 713. The van der Waals surface area contributed by atoms with Gasteiger partial charge in [-0.3, -0.25) is 9.48 Å². The molecule has 3 rings (SSSR count). The molecule has 0 N–H and O–H groups in total. The quantitative estimate of drug-likeness (QED) is 0.862. The van der Waals surface area contributed by atoms with Crippen molar-refractivity contribution < 1.29 is 4.79 Å². The van der Waals surface area contributed by atoms with Gasteiger partial charge in [-0.1, -0.05) is 11.6 Å². The first-order valence-electron chi connectivity index (χ1n) is 7.26. The highest BCUT2D eigenvalue weighted by Gasteiger charge is 2.23. The Morgan fingerprint density at radius 3 is 3.00 bits per heavy atom. The molecule has 6 heteroatoms. The number of aromatic nitrogens is 2. The number of carbonyl (C=O) groups excluding carboxylic acids is 1. The second kappa shape index (κ2) is 6.34. The first kappa shape index (κ1) is 15.4. The van der Waals surface area contributed by atoms with E-state index in [1.54, 1.807) is 11.8 Å². The third kappa shape index (κ3) is 3.01. The standard InChI is InChI=1S/C16H18ClN3OS/c1-11-12(10-18-19(11)2)3-6-16(21)20-7-8-22-15-5-4-13(17)9-14(15)20/h4-5,9-10H,3,6-8H2,1-2H3. The van der Waals surface area contributed by atoms with Gasteiger partial charge in [0, 0.05) is 41.4 Å². The van der Waals surface area contributed by atoms with E-state index in [1.807, 2.05) is 47.9 Å². The summed E-state index contributed by atoms with van der Waals surface area (Å²) in [5.41, 5.74) is 3.19. The number of aryl methyl sites for hydroxylation is 2. The Labute approximate surface area is 139 Å². The lowest BCUT2D eigenvalue weighted by molar-refractivity contribution is -0.118. The lowest BCUT2D eigenvalue weighted by Crippen LogP contribution is -2.35. The van der Waals surface area contributed by atoms with Crippen LogP contribution in [0.25, 0.3) is 0 Å². The second-order valence-corrected chi connectivity index (χ2v) is 6.96. The van der Waals surface area contributed by atoms with E-state index in [0.717, 1.165) is 40.6 Å². The van der Waals surface area contributed by atoms with Gasteiger partial charge in [0.15, 0.2) is 0 Å². The highest BCUT2D eigenvalue weighted by molar-refractivity contribution is 7.99. The summed E-state index contributed by atoms with van der Waals surface area (Å²) in [5, 5.41) is 4.89. The monoisotopic (exact) mass is 335 g/mol. The molecule has 0 spiro atoms. The van der Waals surface area contributed by atoms with E-state index in [4.69, 9.17) is 11.6 Å². The predicted molar refractivity (Wildman–Crippen MR) is 90.8 cm³/mol. The number of hydrogen-bond acceptors (Lipinski definition) is 3. The predicted octanol–water partition coefficient (Wildman–Crippen LogP) is 3.45. The molecule has 0 fully saturated rings. The average Bonchev–Trinajstić information content (AvgIpc) is 2.83. The molecule has 116 valence electrons. The zero-order valence-corrected chi connectivity index (χ0v) is 14.2. The number of hydrogen-bond donors (Lipinski definition) is 0. The minimum atomic E-state index is 0.145. The third-order valence-corrected chi connectivity index (χ3v) is 5.31. The van der Waals surface area contributed by atoms with E-state index >= 15 is 0 Å². The lowest BCUT2D eigenvalue weighted by atomic mass is 10.1. The third-order valence-electron chi connectivity index (χ3n) is 4.03. The van der Waals surface area contributed by atoms with Crippen molar-refractivity contribution in [3.8, 4) is 0 Å². The van der Waals surface area contributed by atoms with Crippen LogP contribution < -0.4 is 4.90 Å². The van der Waals surface area contributed by atoms with Crippen molar-refractivity contribution in [2.24, 2.45) is 7.05 Å². The van der Waals surface area contributed by atoms with Gasteiger partial charge in [0.2, 0.25) is 5.91 Å². The Kier molecular flexibility index (Phi) is 4.45. The molecule has 0 aliphatic carbocycles. The number of carbonyl (C=O) groups is 1. The van der Waals surface area contributed by atoms with Crippen LogP contribution in [0.5, 0.6) is 0 Å². The molecule has 2 aromatic rings. The van der Waals surface area contributed by atoms with E-state index < -0.39 is 0 Å². The van der Waals surface area contributed by atoms with Crippen LogP contribution in [0, 0.1) is 6.92 Å². The molecule has 0 atom stereocenters. The molecule has 1 amide bonds. The maximum absolute atomic E-state index is 12.6. The van der Waals surface area contributed by atoms with Crippen molar-refractivity contribution >= 4 is 35.0 Å². The number of rotatable bonds is 3. The maximum Gasteiger partial charge on any atom is 0.227 e. The number of halogens is 1. The summed E-state index contributed by atoms with van der Waals surface area (Å²) in [6, 6.07) is 5.75. The van der Waals surface area contributed by atoms with Crippen LogP contribution in [0.3, 0.4) is 0 Å². The van der Waals surface area contributed by atoms with Crippen molar-refractivity contribution in [2.45, 2.75) is 24.7 Å². The smallest absolute Gasteiger partial charge is 0.227 e. The summed E-state index contributed by atoms with van der Waals surface area (Å²) in [4.78, 5) is 15.6. The number of amides is 1. The van der Waals surface area contributed by atoms with Crippen LogP contribution in [-0.2, 0) is 18.3 Å². The molecule has 4 nitrogen and oxygen atoms in total. The topological polar surface area (TPSA) is 38.1 Å². The van der Waals surface area contributed by atoms with Crippen LogP contribution in [0.2, 0.25) is 5.02 Å². The molecule has 0 radical (unpaired) electrons. The van der Waals surface area contributed by atoms with Gasteiger partial charge < -0.3 is 4.90 Å². The average molecular weight is 336 g/mol. The van der Waals surface area contributed by atoms with Crippen LogP contribution in [-0.4, -0.2) is 28.0 Å². The Morgan fingerprint density at radius 2 is 2.27 bits per heavy atom. The van der Waals surface area contributed by atoms with Gasteiger partial charge in [-0.15, -0.1) is 11.8 Å². The van der Waals surface area contributed by atoms with Crippen molar-refractivity contribution in [3.63, 3.8) is 0 Å². The SMILES string of the molecule is Cc1c(CCC(=O)N2CCSc3ccc(Cl)cc32)cnn1C. The van der Waals surface area contributed by atoms with Crippen molar-refractivity contribution in [3.05, 3.63) is 40.7 Å². The maximum atomic E-state index is 12.6. The summed E-state index contributed by atoms with van der Waals surface area (Å²) in [5.74, 6) is 1.07. The zero-order chi connectivity index (χ0) is 15.7. The summed E-state index contributed by atoms with van der Waals surface area (Å²) in [6.45, 7) is 2.77. The van der Waals surface area contributed by atoms with Crippen molar-refractivity contribution in [2.75, 3.05) is 17.2 Å².